The number of carbonyl (C=O) groups is 1. The first-order valence-electron chi connectivity index (χ1n) is 9.83. The third-order valence-corrected chi connectivity index (χ3v) is 6.43. The van der Waals surface area contributed by atoms with E-state index < -0.39 is 21.8 Å². The number of benzene rings is 3. The van der Waals surface area contributed by atoms with Crippen molar-refractivity contribution in [1.82, 2.24) is 0 Å². The number of fused-ring (bicyclic) bond motifs is 1. The number of nitrogens with zero attached hydrogens (tertiary/aromatic N) is 1. The molecule has 1 heterocycles. The van der Waals surface area contributed by atoms with Crippen LogP contribution in [-0.2, 0) is 10.0 Å². The first-order valence-corrected chi connectivity index (χ1v) is 11.7. The molecular weight excluding hydrogens is 449 g/mol. The number of halogens is 1. The summed E-state index contributed by atoms with van der Waals surface area (Å²) >= 11 is 0. The predicted molar refractivity (Wildman–Crippen MR) is 123 cm³/mol. The van der Waals surface area contributed by atoms with E-state index in [4.69, 9.17) is 9.15 Å². The number of rotatable bonds is 6. The molecule has 0 atom stereocenters. The Balaban J connectivity index is 1.78. The highest BCUT2D eigenvalue weighted by Gasteiger charge is 2.24. The second kappa shape index (κ2) is 8.25. The minimum absolute atomic E-state index is 0.0376. The second-order valence-electron chi connectivity index (χ2n) is 7.53. The average molecular weight is 469 g/mol. The fraction of sp³-hybridized carbons (Fsp3) is 0.125. The molecule has 0 aliphatic carbocycles. The van der Waals surface area contributed by atoms with Gasteiger partial charge in [-0.3, -0.25) is 4.31 Å². The van der Waals surface area contributed by atoms with Crippen LogP contribution in [0.2, 0.25) is 0 Å². The summed E-state index contributed by atoms with van der Waals surface area (Å²) in [5.41, 5.74) is 1.64. The van der Waals surface area contributed by atoms with Crippen LogP contribution in [0.5, 0.6) is 11.5 Å². The Bertz CT molecular complexity index is 1480. The molecule has 0 amide bonds. The quantitative estimate of drug-likeness (QED) is 0.404. The summed E-state index contributed by atoms with van der Waals surface area (Å²) in [7, 11) is -2.10. The molecule has 1 N–H and O–H groups in total. The van der Waals surface area contributed by atoms with Gasteiger partial charge in [0.05, 0.1) is 11.9 Å². The zero-order valence-corrected chi connectivity index (χ0v) is 18.8. The molecule has 1 aromatic heterocycles. The molecule has 33 heavy (non-hydrogen) atoms. The van der Waals surface area contributed by atoms with Crippen LogP contribution in [0.4, 0.5) is 10.1 Å². The fourth-order valence-electron chi connectivity index (χ4n) is 3.50. The van der Waals surface area contributed by atoms with Crippen molar-refractivity contribution in [2.75, 3.05) is 17.6 Å². The van der Waals surface area contributed by atoms with E-state index in [0.29, 0.717) is 28.0 Å². The highest BCUT2D eigenvalue weighted by atomic mass is 32.2. The van der Waals surface area contributed by atoms with Crippen molar-refractivity contribution in [2.24, 2.45) is 0 Å². The van der Waals surface area contributed by atoms with Crippen molar-refractivity contribution in [2.45, 2.75) is 6.92 Å². The molecule has 4 rings (SSSR count). The van der Waals surface area contributed by atoms with Crippen molar-refractivity contribution in [3.8, 4) is 22.8 Å². The molecule has 0 spiro atoms. The number of furan rings is 1. The maximum absolute atomic E-state index is 13.8. The number of sulfonamides is 1. The Kier molecular flexibility index (Phi) is 5.59. The van der Waals surface area contributed by atoms with Crippen LogP contribution in [0.25, 0.3) is 22.3 Å². The Morgan fingerprint density at radius 3 is 2.36 bits per heavy atom. The summed E-state index contributed by atoms with van der Waals surface area (Å²) in [5.74, 6) is -1.13. The largest absolute Gasteiger partial charge is 0.478 e. The van der Waals surface area contributed by atoms with Gasteiger partial charge >= 0.3 is 5.97 Å². The molecule has 0 unspecified atom stereocenters. The molecule has 0 saturated carbocycles. The summed E-state index contributed by atoms with van der Waals surface area (Å²) in [6.07, 6.45) is 1.08. The second-order valence-corrected chi connectivity index (χ2v) is 9.55. The molecule has 7 nitrogen and oxygen atoms in total. The third-order valence-electron chi connectivity index (χ3n) is 5.24. The van der Waals surface area contributed by atoms with Crippen LogP contribution in [0, 0.1) is 12.7 Å². The lowest BCUT2D eigenvalue weighted by Crippen LogP contribution is -2.25. The van der Waals surface area contributed by atoms with Gasteiger partial charge in [0, 0.05) is 24.1 Å². The van der Waals surface area contributed by atoms with Gasteiger partial charge in [-0.15, -0.1) is 0 Å². The smallest absolute Gasteiger partial charge is 0.340 e. The molecule has 0 aliphatic heterocycles. The predicted octanol–water partition coefficient (Wildman–Crippen LogP) is 5.43. The highest BCUT2D eigenvalue weighted by molar-refractivity contribution is 7.92. The molecule has 9 heteroatoms. The maximum Gasteiger partial charge on any atom is 0.340 e. The Morgan fingerprint density at radius 1 is 1.09 bits per heavy atom. The van der Waals surface area contributed by atoms with Crippen LogP contribution in [0.3, 0.4) is 0 Å². The topological polar surface area (TPSA) is 97.1 Å². The van der Waals surface area contributed by atoms with E-state index in [1.54, 1.807) is 49.4 Å². The summed E-state index contributed by atoms with van der Waals surface area (Å²) in [6.45, 7) is 1.70. The molecule has 0 saturated heterocycles. The number of carboxylic acid groups (broad SMARTS) is 1. The standard InChI is InChI=1S/C24H20FNO6S/c1-14-12-17-21(13-19(14)26(2)33(3,29)30)32-23(22(17)24(27)28)15-8-10-16(11-9-15)31-20-7-5-4-6-18(20)25/h4-13H,1-3H3,(H,27,28). The third kappa shape index (κ3) is 4.27. The molecule has 0 radical (unpaired) electrons. The summed E-state index contributed by atoms with van der Waals surface area (Å²) in [5, 5.41) is 10.2. The molecule has 3 aromatic carbocycles. The van der Waals surface area contributed by atoms with Crippen LogP contribution in [0.15, 0.2) is 65.1 Å². The summed E-state index contributed by atoms with van der Waals surface area (Å²) < 4.78 is 50.3. The van der Waals surface area contributed by atoms with Crippen LogP contribution in [0.1, 0.15) is 15.9 Å². The highest BCUT2D eigenvalue weighted by Crippen LogP contribution is 2.38. The van der Waals surface area contributed by atoms with E-state index in [9.17, 15) is 22.7 Å². The fourth-order valence-corrected chi connectivity index (χ4v) is 4.06. The number of hydrogen-bond donors (Lipinski definition) is 1. The lowest BCUT2D eigenvalue weighted by molar-refractivity contribution is 0.0699. The van der Waals surface area contributed by atoms with Gasteiger partial charge < -0.3 is 14.3 Å². The van der Waals surface area contributed by atoms with E-state index in [2.05, 4.69) is 0 Å². The minimum Gasteiger partial charge on any atom is -0.478 e. The molecule has 0 fully saturated rings. The molecular formula is C24H20FNO6S. The van der Waals surface area contributed by atoms with Crippen molar-refractivity contribution < 1.29 is 31.9 Å². The van der Waals surface area contributed by atoms with E-state index in [0.717, 1.165) is 10.6 Å². The Labute approximate surface area is 189 Å². The number of para-hydroxylation sites is 1. The first-order chi connectivity index (χ1) is 15.6. The lowest BCUT2D eigenvalue weighted by Gasteiger charge is -2.18. The van der Waals surface area contributed by atoms with Crippen molar-refractivity contribution in [3.05, 3.63) is 77.6 Å². The van der Waals surface area contributed by atoms with Crippen LogP contribution < -0.4 is 9.04 Å². The molecule has 0 bridgehead atoms. The van der Waals surface area contributed by atoms with Gasteiger partial charge in [0.25, 0.3) is 0 Å². The lowest BCUT2D eigenvalue weighted by atomic mass is 10.0. The van der Waals surface area contributed by atoms with Gasteiger partial charge in [0.15, 0.2) is 11.6 Å². The summed E-state index contributed by atoms with van der Waals surface area (Å²) in [4.78, 5) is 12.1. The SMILES string of the molecule is Cc1cc2c(C(=O)O)c(-c3ccc(Oc4ccccc4F)cc3)oc2cc1N(C)S(C)(=O)=O. The normalized spacial score (nSPS) is 11.5. The number of aromatic carboxylic acids is 1. The van der Waals surface area contributed by atoms with E-state index >= 15 is 0 Å². The van der Waals surface area contributed by atoms with Gasteiger partial charge in [0.1, 0.15) is 22.7 Å². The van der Waals surface area contributed by atoms with Gasteiger partial charge in [-0.05, 0) is 55.0 Å². The van der Waals surface area contributed by atoms with Crippen molar-refractivity contribution in [3.63, 3.8) is 0 Å². The van der Waals surface area contributed by atoms with Crippen molar-refractivity contribution in [1.29, 1.82) is 0 Å². The number of hydrogen-bond acceptors (Lipinski definition) is 5. The van der Waals surface area contributed by atoms with Gasteiger partial charge in [-0.1, -0.05) is 12.1 Å². The average Bonchev–Trinajstić information content (AvgIpc) is 3.12. The molecule has 4 aromatic rings. The number of anilines is 1. The maximum atomic E-state index is 13.8. The van der Waals surface area contributed by atoms with Gasteiger partial charge in [0.2, 0.25) is 10.0 Å². The van der Waals surface area contributed by atoms with E-state index in [-0.39, 0.29) is 22.7 Å². The zero-order chi connectivity index (χ0) is 23.9. The van der Waals surface area contributed by atoms with Gasteiger partial charge in [-0.25, -0.2) is 17.6 Å². The molecule has 0 aliphatic rings. The first kappa shape index (κ1) is 22.3. The molecule has 170 valence electrons. The van der Waals surface area contributed by atoms with Crippen LogP contribution >= 0.6 is 0 Å². The Morgan fingerprint density at radius 2 is 1.76 bits per heavy atom. The minimum atomic E-state index is -3.52. The summed E-state index contributed by atoms with van der Waals surface area (Å²) in [6, 6.07) is 15.5. The van der Waals surface area contributed by atoms with E-state index in [1.165, 1.54) is 25.2 Å². The zero-order valence-electron chi connectivity index (χ0n) is 18.0. The number of ether oxygens (including phenoxy) is 1. The van der Waals surface area contributed by atoms with Gasteiger partial charge in [-0.2, -0.15) is 0 Å². The van der Waals surface area contributed by atoms with E-state index in [1.807, 2.05) is 0 Å². The number of carboxylic acids is 1. The number of aryl methyl sites for hydroxylation is 1. The Hall–Kier alpha value is -3.85. The van der Waals surface area contributed by atoms with Crippen LogP contribution in [-0.4, -0.2) is 32.8 Å². The van der Waals surface area contributed by atoms with Crippen molar-refractivity contribution >= 4 is 32.6 Å². The monoisotopic (exact) mass is 469 g/mol.